The zero-order valence-corrected chi connectivity index (χ0v) is 17.8. The lowest BCUT2D eigenvalue weighted by Gasteiger charge is -2.17. The van der Waals surface area contributed by atoms with Gasteiger partial charge in [0.1, 0.15) is 11.6 Å². The maximum Gasteiger partial charge on any atom is 0.251 e. The molecule has 0 spiro atoms. The maximum atomic E-state index is 12.5. The molecule has 1 heterocycles. The number of benzene rings is 2. The summed E-state index contributed by atoms with van der Waals surface area (Å²) in [6.07, 6.45) is 1.52. The van der Waals surface area contributed by atoms with E-state index in [1.54, 1.807) is 31.4 Å². The van der Waals surface area contributed by atoms with Crippen LogP contribution in [0.4, 0.5) is 5.13 Å². The van der Waals surface area contributed by atoms with Crippen molar-refractivity contribution in [2.45, 2.75) is 32.7 Å². The van der Waals surface area contributed by atoms with Crippen LogP contribution in [0.15, 0.2) is 48.5 Å². The van der Waals surface area contributed by atoms with Crippen molar-refractivity contribution >= 4 is 22.6 Å². The van der Waals surface area contributed by atoms with Crippen LogP contribution in [0.25, 0.3) is 0 Å². The quantitative estimate of drug-likeness (QED) is 0.556. The molecule has 0 fully saturated rings. The fraction of sp³-hybridized carbons (Fsp3) is 0.318. The minimum Gasteiger partial charge on any atom is -0.497 e. The van der Waals surface area contributed by atoms with E-state index in [0.717, 1.165) is 23.1 Å². The molecule has 1 atom stereocenters. The lowest BCUT2D eigenvalue weighted by molar-refractivity contribution is 0.0938. The standard InChI is InChI=1S/C22H26N4O2S/c1-4-18(24-21(27)17-8-10-19(28-3)11-9-17)14-23-22-25-20(26-29-22)13-16-7-5-6-15(2)12-16/h5-12,18H,4,13-14H2,1-3H3,(H,24,27)(H,23,25,26). The van der Waals surface area contributed by atoms with Crippen molar-refractivity contribution in [2.75, 3.05) is 19.0 Å². The summed E-state index contributed by atoms with van der Waals surface area (Å²) in [6.45, 7) is 4.72. The monoisotopic (exact) mass is 410 g/mol. The number of amides is 1. The first-order chi connectivity index (χ1) is 14.1. The molecule has 0 saturated heterocycles. The average Bonchev–Trinajstić information content (AvgIpc) is 3.18. The molecule has 1 unspecified atom stereocenters. The number of hydrogen-bond acceptors (Lipinski definition) is 6. The molecule has 3 rings (SSSR count). The van der Waals surface area contributed by atoms with Crippen molar-refractivity contribution in [3.05, 3.63) is 71.0 Å². The van der Waals surface area contributed by atoms with Gasteiger partial charge in [-0.1, -0.05) is 36.8 Å². The van der Waals surface area contributed by atoms with Crippen LogP contribution in [-0.2, 0) is 6.42 Å². The number of anilines is 1. The van der Waals surface area contributed by atoms with E-state index in [1.165, 1.54) is 22.7 Å². The third-order valence-electron chi connectivity index (χ3n) is 4.59. The SMILES string of the molecule is CCC(CNc1nc(Cc2cccc(C)c2)ns1)NC(=O)c1ccc(OC)cc1. The van der Waals surface area contributed by atoms with Crippen LogP contribution in [0.2, 0.25) is 0 Å². The molecule has 0 aliphatic rings. The summed E-state index contributed by atoms with van der Waals surface area (Å²) < 4.78 is 9.57. The van der Waals surface area contributed by atoms with Crippen molar-refractivity contribution < 1.29 is 9.53 Å². The summed E-state index contributed by atoms with van der Waals surface area (Å²) in [4.78, 5) is 17.0. The smallest absolute Gasteiger partial charge is 0.251 e. The minimum atomic E-state index is -0.0984. The summed E-state index contributed by atoms with van der Waals surface area (Å²) in [7, 11) is 1.60. The molecular weight excluding hydrogens is 384 g/mol. The van der Waals surface area contributed by atoms with Crippen molar-refractivity contribution in [1.82, 2.24) is 14.7 Å². The fourth-order valence-electron chi connectivity index (χ4n) is 2.92. The average molecular weight is 411 g/mol. The Labute approximate surface area is 175 Å². The molecule has 3 aromatic rings. The van der Waals surface area contributed by atoms with Gasteiger partial charge in [0.05, 0.1) is 7.11 Å². The first-order valence-corrected chi connectivity index (χ1v) is 10.4. The molecule has 1 amide bonds. The zero-order chi connectivity index (χ0) is 20.6. The van der Waals surface area contributed by atoms with E-state index in [1.807, 2.05) is 13.0 Å². The number of ether oxygens (including phenoxy) is 1. The largest absolute Gasteiger partial charge is 0.497 e. The highest BCUT2D eigenvalue weighted by Crippen LogP contribution is 2.16. The van der Waals surface area contributed by atoms with Crippen molar-refractivity contribution in [3.63, 3.8) is 0 Å². The van der Waals surface area contributed by atoms with Crippen molar-refractivity contribution in [1.29, 1.82) is 0 Å². The van der Waals surface area contributed by atoms with Gasteiger partial charge in [0.2, 0.25) is 5.13 Å². The Hall–Kier alpha value is -2.93. The maximum absolute atomic E-state index is 12.5. The van der Waals surface area contributed by atoms with E-state index in [-0.39, 0.29) is 11.9 Å². The second-order valence-electron chi connectivity index (χ2n) is 6.87. The number of carbonyl (C=O) groups excluding carboxylic acids is 1. The van der Waals surface area contributed by atoms with E-state index in [0.29, 0.717) is 18.5 Å². The Bertz CT molecular complexity index is 940. The summed E-state index contributed by atoms with van der Waals surface area (Å²) in [6, 6.07) is 15.4. The molecule has 0 saturated carbocycles. The van der Waals surface area contributed by atoms with Gasteiger partial charge in [-0.3, -0.25) is 4.79 Å². The normalized spacial score (nSPS) is 11.7. The van der Waals surface area contributed by atoms with Crippen LogP contribution >= 0.6 is 11.5 Å². The molecule has 2 N–H and O–H groups in total. The molecule has 0 bridgehead atoms. The second kappa shape index (κ2) is 10.0. The van der Waals surface area contributed by atoms with E-state index in [9.17, 15) is 4.79 Å². The van der Waals surface area contributed by atoms with E-state index >= 15 is 0 Å². The number of nitrogens with one attached hydrogen (secondary N) is 2. The van der Waals surface area contributed by atoms with Gasteiger partial charge in [-0.05, 0) is 43.2 Å². The molecule has 1 aromatic heterocycles. The Morgan fingerprint density at radius 1 is 1.21 bits per heavy atom. The van der Waals surface area contributed by atoms with Crippen LogP contribution in [0.5, 0.6) is 5.75 Å². The summed E-state index contributed by atoms with van der Waals surface area (Å²) in [5.74, 6) is 1.44. The molecule has 0 aliphatic carbocycles. The van der Waals surface area contributed by atoms with Crippen LogP contribution in [0.1, 0.15) is 40.7 Å². The molecule has 6 nitrogen and oxygen atoms in total. The zero-order valence-electron chi connectivity index (χ0n) is 16.9. The van der Waals surface area contributed by atoms with Gasteiger partial charge in [-0.2, -0.15) is 4.37 Å². The molecule has 0 radical (unpaired) electrons. The first kappa shape index (κ1) is 20.8. The molecule has 152 valence electrons. The number of methoxy groups -OCH3 is 1. The Balaban J connectivity index is 1.52. The van der Waals surface area contributed by atoms with Crippen molar-refractivity contribution in [3.8, 4) is 5.75 Å². The fourth-order valence-corrected chi connectivity index (χ4v) is 3.51. The van der Waals surface area contributed by atoms with Gasteiger partial charge in [0.25, 0.3) is 5.91 Å². The van der Waals surface area contributed by atoms with Crippen LogP contribution in [-0.4, -0.2) is 35.0 Å². The first-order valence-electron chi connectivity index (χ1n) is 9.64. The molecule has 2 aromatic carbocycles. The van der Waals surface area contributed by atoms with Crippen LogP contribution in [0, 0.1) is 6.92 Å². The second-order valence-corrected chi connectivity index (χ2v) is 7.62. The summed E-state index contributed by atoms with van der Waals surface area (Å²) in [5, 5.41) is 7.12. The number of nitrogens with zero attached hydrogens (tertiary/aromatic N) is 2. The van der Waals surface area contributed by atoms with Gasteiger partial charge in [-0.15, -0.1) is 0 Å². The Morgan fingerprint density at radius 3 is 2.69 bits per heavy atom. The van der Waals surface area contributed by atoms with Gasteiger partial charge >= 0.3 is 0 Å². The lowest BCUT2D eigenvalue weighted by atomic mass is 10.1. The Morgan fingerprint density at radius 2 is 2.00 bits per heavy atom. The number of rotatable bonds is 9. The van der Waals surface area contributed by atoms with Gasteiger partial charge < -0.3 is 15.4 Å². The molecule has 7 heteroatoms. The molecular formula is C22H26N4O2S. The van der Waals surface area contributed by atoms with E-state index in [2.05, 4.69) is 45.1 Å². The minimum absolute atomic E-state index is 0.00581. The Kier molecular flexibility index (Phi) is 7.19. The third-order valence-corrected chi connectivity index (χ3v) is 5.30. The van der Waals surface area contributed by atoms with Gasteiger partial charge in [0.15, 0.2) is 0 Å². The predicted octanol–water partition coefficient (Wildman–Crippen LogP) is 4.07. The van der Waals surface area contributed by atoms with E-state index < -0.39 is 0 Å². The number of hydrogen-bond donors (Lipinski definition) is 2. The highest BCUT2D eigenvalue weighted by molar-refractivity contribution is 7.09. The highest BCUT2D eigenvalue weighted by Gasteiger charge is 2.13. The lowest BCUT2D eigenvalue weighted by Crippen LogP contribution is -2.39. The van der Waals surface area contributed by atoms with Gasteiger partial charge in [-0.25, -0.2) is 4.98 Å². The highest BCUT2D eigenvalue weighted by atomic mass is 32.1. The third kappa shape index (κ3) is 6.02. The summed E-state index contributed by atoms with van der Waals surface area (Å²) in [5.41, 5.74) is 3.04. The van der Waals surface area contributed by atoms with Crippen LogP contribution < -0.4 is 15.4 Å². The van der Waals surface area contributed by atoms with Crippen molar-refractivity contribution in [2.24, 2.45) is 0 Å². The number of carbonyl (C=O) groups is 1. The van der Waals surface area contributed by atoms with Crippen LogP contribution in [0.3, 0.4) is 0 Å². The topological polar surface area (TPSA) is 76.1 Å². The summed E-state index contributed by atoms with van der Waals surface area (Å²) >= 11 is 1.35. The van der Waals surface area contributed by atoms with Gasteiger partial charge in [0, 0.05) is 36.1 Å². The van der Waals surface area contributed by atoms with E-state index in [4.69, 9.17) is 4.74 Å². The molecule has 29 heavy (non-hydrogen) atoms. The predicted molar refractivity (Wildman–Crippen MR) is 117 cm³/mol. The number of aryl methyl sites for hydroxylation is 1. The molecule has 0 aliphatic heterocycles. The number of aromatic nitrogens is 2.